The number of thiazole rings is 1. The molecule has 0 radical (unpaired) electrons. The number of aryl methyl sites for hydroxylation is 1. The molecule has 0 amide bonds. The normalized spacial score (nSPS) is 14.5. The van der Waals surface area contributed by atoms with Gasteiger partial charge in [-0.3, -0.25) is 9.89 Å². The standard InChI is InChI=1S/C17H31N5OS.HI/c1-4-18-17(19-8-7-16-21-13-14(2)24-16)20-9-10-22(11-12-23-3)15-5-6-15;/h13,15H,4-12H2,1-3H3,(H2,18,19,20);1H. The average Bonchev–Trinajstić information content (AvgIpc) is 3.33. The van der Waals surface area contributed by atoms with Gasteiger partial charge in [0.1, 0.15) is 0 Å². The van der Waals surface area contributed by atoms with Crippen molar-refractivity contribution in [2.45, 2.75) is 39.2 Å². The predicted molar refractivity (Wildman–Crippen MR) is 116 cm³/mol. The molecule has 1 aromatic heterocycles. The smallest absolute Gasteiger partial charge is 0.191 e. The number of methoxy groups -OCH3 is 1. The minimum Gasteiger partial charge on any atom is -0.383 e. The summed E-state index contributed by atoms with van der Waals surface area (Å²) in [6.07, 6.45) is 5.51. The first-order valence-corrected chi connectivity index (χ1v) is 9.71. The zero-order valence-corrected chi connectivity index (χ0v) is 18.7. The van der Waals surface area contributed by atoms with Crippen molar-refractivity contribution in [3.8, 4) is 0 Å². The Morgan fingerprint density at radius 3 is 2.80 bits per heavy atom. The van der Waals surface area contributed by atoms with Gasteiger partial charge < -0.3 is 15.4 Å². The second-order valence-corrected chi connectivity index (χ2v) is 7.38. The third-order valence-electron chi connectivity index (χ3n) is 3.95. The Labute approximate surface area is 172 Å². The van der Waals surface area contributed by atoms with Crippen LogP contribution in [0.25, 0.3) is 0 Å². The van der Waals surface area contributed by atoms with Gasteiger partial charge in [0, 0.05) is 56.8 Å². The zero-order chi connectivity index (χ0) is 17.2. The molecule has 1 aliphatic carbocycles. The number of halogens is 1. The van der Waals surface area contributed by atoms with Gasteiger partial charge in [0.25, 0.3) is 0 Å². The molecule has 0 atom stereocenters. The van der Waals surface area contributed by atoms with Crippen LogP contribution < -0.4 is 10.6 Å². The van der Waals surface area contributed by atoms with Crippen LogP contribution >= 0.6 is 35.3 Å². The van der Waals surface area contributed by atoms with E-state index in [-0.39, 0.29) is 24.0 Å². The molecule has 6 nitrogen and oxygen atoms in total. The van der Waals surface area contributed by atoms with Crippen molar-refractivity contribution in [3.63, 3.8) is 0 Å². The Hall–Kier alpha value is -0.450. The average molecular weight is 481 g/mol. The van der Waals surface area contributed by atoms with Crippen LogP contribution in [-0.4, -0.2) is 68.3 Å². The summed E-state index contributed by atoms with van der Waals surface area (Å²) < 4.78 is 5.21. The molecule has 1 aliphatic rings. The molecular weight excluding hydrogens is 449 g/mol. The fourth-order valence-electron chi connectivity index (χ4n) is 2.56. The monoisotopic (exact) mass is 481 g/mol. The highest BCUT2D eigenvalue weighted by Gasteiger charge is 2.28. The lowest BCUT2D eigenvalue weighted by molar-refractivity contribution is 0.145. The number of aliphatic imine (C=N–C) groups is 1. The van der Waals surface area contributed by atoms with E-state index in [1.54, 1.807) is 18.4 Å². The first kappa shape index (κ1) is 22.6. The molecule has 0 spiro atoms. The summed E-state index contributed by atoms with van der Waals surface area (Å²) >= 11 is 1.76. The maximum absolute atomic E-state index is 5.21. The molecule has 25 heavy (non-hydrogen) atoms. The van der Waals surface area contributed by atoms with Crippen LogP contribution in [0.1, 0.15) is 29.7 Å². The van der Waals surface area contributed by atoms with Crippen molar-refractivity contribution in [1.29, 1.82) is 0 Å². The summed E-state index contributed by atoms with van der Waals surface area (Å²) in [6.45, 7) is 9.52. The summed E-state index contributed by atoms with van der Waals surface area (Å²) in [5.41, 5.74) is 0. The molecule has 1 fully saturated rings. The van der Waals surface area contributed by atoms with Crippen LogP contribution in [0.15, 0.2) is 11.2 Å². The Morgan fingerprint density at radius 2 is 2.20 bits per heavy atom. The first-order valence-electron chi connectivity index (χ1n) is 8.89. The van der Waals surface area contributed by atoms with Gasteiger partial charge in [-0.05, 0) is 26.7 Å². The van der Waals surface area contributed by atoms with E-state index in [0.29, 0.717) is 0 Å². The number of rotatable bonds is 11. The van der Waals surface area contributed by atoms with Gasteiger partial charge in [0.05, 0.1) is 18.2 Å². The highest BCUT2D eigenvalue weighted by atomic mass is 127. The zero-order valence-electron chi connectivity index (χ0n) is 15.6. The van der Waals surface area contributed by atoms with E-state index in [4.69, 9.17) is 9.73 Å². The number of hydrogen-bond donors (Lipinski definition) is 2. The van der Waals surface area contributed by atoms with Gasteiger partial charge in [-0.25, -0.2) is 4.98 Å². The second-order valence-electron chi connectivity index (χ2n) is 6.06. The molecule has 0 unspecified atom stereocenters. The Kier molecular flexibility index (Phi) is 11.6. The maximum atomic E-state index is 5.21. The Morgan fingerprint density at radius 1 is 1.40 bits per heavy atom. The third-order valence-corrected chi connectivity index (χ3v) is 4.92. The molecule has 2 N–H and O–H groups in total. The Bertz CT molecular complexity index is 507. The number of nitrogens with zero attached hydrogens (tertiary/aromatic N) is 3. The van der Waals surface area contributed by atoms with Crippen molar-refractivity contribution < 1.29 is 4.74 Å². The minimum atomic E-state index is 0. The molecule has 0 bridgehead atoms. The number of ether oxygens (including phenoxy) is 1. The number of aromatic nitrogens is 1. The van der Waals surface area contributed by atoms with E-state index >= 15 is 0 Å². The maximum Gasteiger partial charge on any atom is 0.191 e. The van der Waals surface area contributed by atoms with Crippen LogP contribution in [0.2, 0.25) is 0 Å². The summed E-state index contributed by atoms with van der Waals surface area (Å²) in [5.74, 6) is 0.897. The molecule has 1 saturated carbocycles. The number of hydrogen-bond acceptors (Lipinski definition) is 5. The molecular formula is C17H32IN5OS. The molecule has 8 heteroatoms. The van der Waals surface area contributed by atoms with E-state index in [1.807, 2.05) is 6.20 Å². The topological polar surface area (TPSA) is 61.8 Å². The van der Waals surface area contributed by atoms with E-state index in [0.717, 1.165) is 57.8 Å². The predicted octanol–water partition coefficient (Wildman–Crippen LogP) is 2.28. The highest BCUT2D eigenvalue weighted by Crippen LogP contribution is 2.26. The summed E-state index contributed by atoms with van der Waals surface area (Å²) in [7, 11) is 1.76. The lowest BCUT2D eigenvalue weighted by Crippen LogP contribution is -2.39. The van der Waals surface area contributed by atoms with E-state index in [2.05, 4.69) is 34.4 Å². The van der Waals surface area contributed by atoms with Crippen LogP contribution in [0.5, 0.6) is 0 Å². The first-order chi connectivity index (χ1) is 11.7. The van der Waals surface area contributed by atoms with Crippen molar-refractivity contribution in [2.75, 3.05) is 46.4 Å². The van der Waals surface area contributed by atoms with Crippen molar-refractivity contribution >= 4 is 41.3 Å². The van der Waals surface area contributed by atoms with Crippen LogP contribution in [-0.2, 0) is 11.2 Å². The quantitative estimate of drug-likeness (QED) is 0.289. The fourth-order valence-corrected chi connectivity index (χ4v) is 3.35. The minimum absolute atomic E-state index is 0. The van der Waals surface area contributed by atoms with Crippen molar-refractivity contribution in [2.24, 2.45) is 4.99 Å². The molecule has 0 saturated heterocycles. The number of nitrogens with one attached hydrogen (secondary N) is 2. The summed E-state index contributed by atoms with van der Waals surface area (Å²) in [6, 6.07) is 0.749. The summed E-state index contributed by atoms with van der Waals surface area (Å²) in [5, 5.41) is 7.89. The Balaban J connectivity index is 0.00000312. The third kappa shape index (κ3) is 9.16. The van der Waals surface area contributed by atoms with Gasteiger partial charge in [-0.1, -0.05) is 0 Å². The lowest BCUT2D eigenvalue weighted by Gasteiger charge is -2.20. The SMILES string of the molecule is CCNC(=NCCN(CCOC)C1CC1)NCCc1ncc(C)s1.I. The van der Waals surface area contributed by atoms with Gasteiger partial charge in [0.2, 0.25) is 0 Å². The van der Waals surface area contributed by atoms with Crippen molar-refractivity contribution in [1.82, 2.24) is 20.5 Å². The van der Waals surface area contributed by atoms with Crippen LogP contribution in [0.3, 0.4) is 0 Å². The van der Waals surface area contributed by atoms with Gasteiger partial charge >= 0.3 is 0 Å². The van der Waals surface area contributed by atoms with Crippen molar-refractivity contribution in [3.05, 3.63) is 16.1 Å². The van der Waals surface area contributed by atoms with Gasteiger partial charge in [-0.2, -0.15) is 0 Å². The molecule has 2 rings (SSSR count). The van der Waals surface area contributed by atoms with E-state index in [9.17, 15) is 0 Å². The molecule has 0 aromatic carbocycles. The molecule has 144 valence electrons. The molecule has 0 aliphatic heterocycles. The largest absolute Gasteiger partial charge is 0.383 e. The summed E-state index contributed by atoms with van der Waals surface area (Å²) in [4.78, 5) is 12.9. The van der Waals surface area contributed by atoms with E-state index < -0.39 is 0 Å². The van der Waals surface area contributed by atoms with Gasteiger partial charge in [0.15, 0.2) is 5.96 Å². The van der Waals surface area contributed by atoms with Crippen LogP contribution in [0.4, 0.5) is 0 Å². The fraction of sp³-hybridized carbons (Fsp3) is 0.765. The van der Waals surface area contributed by atoms with Gasteiger partial charge in [-0.15, -0.1) is 35.3 Å². The number of guanidine groups is 1. The second kappa shape index (κ2) is 12.8. The molecule has 1 aromatic rings. The van der Waals surface area contributed by atoms with E-state index in [1.165, 1.54) is 22.7 Å². The van der Waals surface area contributed by atoms with Crippen LogP contribution in [0, 0.1) is 6.92 Å². The highest BCUT2D eigenvalue weighted by molar-refractivity contribution is 14.0. The molecule has 1 heterocycles. The lowest BCUT2D eigenvalue weighted by atomic mass is 10.4.